The molecule has 0 aliphatic rings. The van der Waals surface area contributed by atoms with Crippen molar-refractivity contribution in [2.45, 2.75) is 86.0 Å². The first-order valence-corrected chi connectivity index (χ1v) is 11.0. The zero-order chi connectivity index (χ0) is 21.4. The number of carboxylic acid groups (broad SMARTS) is 1. The smallest absolute Gasteiger partial charge is 0.449 e. The summed E-state index contributed by atoms with van der Waals surface area (Å²) in [5.74, 6) is 0.437. The van der Waals surface area contributed by atoms with E-state index in [1.165, 1.54) is 60.8 Å². The van der Waals surface area contributed by atoms with Crippen molar-refractivity contribution in [2.75, 3.05) is 0 Å². The fraction of sp³-hybridized carbons (Fsp3) is 0.500. The summed E-state index contributed by atoms with van der Waals surface area (Å²) < 4.78 is 5.11. The molecule has 0 bridgehead atoms. The number of benzene rings is 2. The molecule has 1 N–H and O–H groups in total. The number of rotatable bonds is 10. The van der Waals surface area contributed by atoms with Gasteiger partial charge in [-0.15, -0.1) is 0 Å². The third kappa shape index (κ3) is 5.85. The van der Waals surface area contributed by atoms with E-state index in [1.807, 2.05) is 19.9 Å². The molecule has 29 heavy (non-hydrogen) atoms. The van der Waals surface area contributed by atoms with Gasteiger partial charge in [0.05, 0.1) is 0 Å². The number of hydrogen-bond donors (Lipinski definition) is 1. The van der Waals surface area contributed by atoms with Crippen LogP contribution in [0.3, 0.4) is 0 Å². The van der Waals surface area contributed by atoms with Crippen LogP contribution in [-0.4, -0.2) is 11.3 Å². The van der Waals surface area contributed by atoms with Crippen molar-refractivity contribution in [3.8, 4) is 16.9 Å². The van der Waals surface area contributed by atoms with Gasteiger partial charge in [-0.1, -0.05) is 57.7 Å². The maximum atomic E-state index is 11.2. The summed E-state index contributed by atoms with van der Waals surface area (Å²) in [5.41, 5.74) is 8.35. The molecule has 0 aliphatic carbocycles. The first kappa shape index (κ1) is 23.0. The van der Waals surface area contributed by atoms with Gasteiger partial charge in [-0.2, -0.15) is 0 Å². The van der Waals surface area contributed by atoms with Crippen molar-refractivity contribution in [3.05, 3.63) is 52.1 Å². The molecule has 0 saturated heterocycles. The standard InChI is InChI=1S/C26H36O3/c1-6-8-10-13-21-14-12-16-23(22(21)15-11-9-7-2)24-17-25(29-26(27)28)20(5)18(3)19(24)4/h12,14,16-17H,6-11,13,15H2,1-5H3,(H,27,28). The van der Waals surface area contributed by atoms with Crippen molar-refractivity contribution >= 4 is 6.16 Å². The lowest BCUT2D eigenvalue weighted by molar-refractivity contribution is 0.144. The van der Waals surface area contributed by atoms with Gasteiger partial charge in [0.1, 0.15) is 5.75 Å². The maximum Gasteiger partial charge on any atom is 0.511 e. The van der Waals surface area contributed by atoms with Crippen LogP contribution in [0.15, 0.2) is 24.3 Å². The van der Waals surface area contributed by atoms with Gasteiger partial charge in [0.25, 0.3) is 0 Å². The minimum absolute atomic E-state index is 0.437. The highest BCUT2D eigenvalue weighted by molar-refractivity contribution is 5.76. The molecule has 0 heterocycles. The Labute approximate surface area is 176 Å². The van der Waals surface area contributed by atoms with Gasteiger partial charge in [0.15, 0.2) is 0 Å². The number of unbranched alkanes of at least 4 members (excludes halogenated alkanes) is 4. The summed E-state index contributed by atoms with van der Waals surface area (Å²) in [6.45, 7) is 10.6. The van der Waals surface area contributed by atoms with Gasteiger partial charge in [-0.3, -0.25) is 0 Å². The fourth-order valence-corrected chi connectivity index (χ4v) is 4.03. The van der Waals surface area contributed by atoms with Crippen LogP contribution in [0.5, 0.6) is 5.75 Å². The highest BCUT2D eigenvalue weighted by Crippen LogP contribution is 2.37. The molecule has 0 fully saturated rings. The largest absolute Gasteiger partial charge is 0.511 e. The molecule has 0 saturated carbocycles. The second-order valence-electron chi connectivity index (χ2n) is 8.02. The van der Waals surface area contributed by atoms with E-state index < -0.39 is 6.16 Å². The van der Waals surface area contributed by atoms with Crippen LogP contribution in [0.1, 0.15) is 80.2 Å². The zero-order valence-corrected chi connectivity index (χ0v) is 18.7. The van der Waals surface area contributed by atoms with E-state index >= 15 is 0 Å². The molecule has 0 amide bonds. The quantitative estimate of drug-likeness (QED) is 0.253. The van der Waals surface area contributed by atoms with Crippen molar-refractivity contribution < 1.29 is 14.6 Å². The second kappa shape index (κ2) is 11.0. The molecule has 2 aromatic carbocycles. The topological polar surface area (TPSA) is 46.5 Å². The zero-order valence-electron chi connectivity index (χ0n) is 18.7. The van der Waals surface area contributed by atoms with Crippen LogP contribution < -0.4 is 4.74 Å². The number of aryl methyl sites for hydroxylation is 1. The second-order valence-corrected chi connectivity index (χ2v) is 8.02. The van der Waals surface area contributed by atoms with Gasteiger partial charge in [0, 0.05) is 0 Å². The Morgan fingerprint density at radius 1 is 0.862 bits per heavy atom. The van der Waals surface area contributed by atoms with E-state index in [2.05, 4.69) is 39.0 Å². The predicted octanol–water partition coefficient (Wildman–Crippen LogP) is 7.80. The Morgan fingerprint density at radius 2 is 1.52 bits per heavy atom. The monoisotopic (exact) mass is 396 g/mol. The van der Waals surface area contributed by atoms with Crippen molar-refractivity contribution in [3.63, 3.8) is 0 Å². The van der Waals surface area contributed by atoms with E-state index in [-0.39, 0.29) is 0 Å². The normalized spacial score (nSPS) is 10.9. The third-order valence-electron chi connectivity index (χ3n) is 6.01. The average molecular weight is 397 g/mol. The van der Waals surface area contributed by atoms with Crippen molar-refractivity contribution in [1.29, 1.82) is 0 Å². The van der Waals surface area contributed by atoms with Crippen LogP contribution in [0.4, 0.5) is 4.79 Å². The van der Waals surface area contributed by atoms with Crippen LogP contribution >= 0.6 is 0 Å². The molecule has 3 heteroatoms. The van der Waals surface area contributed by atoms with Gasteiger partial charge in [0.2, 0.25) is 0 Å². The van der Waals surface area contributed by atoms with Gasteiger partial charge in [-0.05, 0) is 91.5 Å². The lowest BCUT2D eigenvalue weighted by atomic mass is 9.86. The molecule has 0 aliphatic heterocycles. The molecule has 2 rings (SSSR count). The summed E-state index contributed by atoms with van der Waals surface area (Å²) in [7, 11) is 0. The van der Waals surface area contributed by atoms with Gasteiger partial charge in [-0.25, -0.2) is 4.79 Å². The van der Waals surface area contributed by atoms with Crippen LogP contribution in [-0.2, 0) is 12.8 Å². The number of ether oxygens (including phenoxy) is 1. The van der Waals surface area contributed by atoms with Crippen LogP contribution in [0.2, 0.25) is 0 Å². The first-order chi connectivity index (χ1) is 13.9. The molecule has 0 atom stereocenters. The molecule has 0 aromatic heterocycles. The molecule has 3 nitrogen and oxygen atoms in total. The minimum atomic E-state index is -1.27. The average Bonchev–Trinajstić information content (AvgIpc) is 2.69. The number of hydrogen-bond acceptors (Lipinski definition) is 2. The van der Waals surface area contributed by atoms with E-state index in [0.29, 0.717) is 5.75 Å². The Kier molecular flexibility index (Phi) is 8.75. The van der Waals surface area contributed by atoms with E-state index in [0.717, 1.165) is 29.5 Å². The molecule has 158 valence electrons. The van der Waals surface area contributed by atoms with Crippen molar-refractivity contribution in [1.82, 2.24) is 0 Å². The molecular weight excluding hydrogens is 360 g/mol. The summed E-state index contributed by atoms with van der Waals surface area (Å²) >= 11 is 0. The third-order valence-corrected chi connectivity index (χ3v) is 6.01. The summed E-state index contributed by atoms with van der Waals surface area (Å²) in [6, 6.07) is 8.52. The van der Waals surface area contributed by atoms with Gasteiger partial charge < -0.3 is 9.84 Å². The van der Waals surface area contributed by atoms with Crippen molar-refractivity contribution in [2.24, 2.45) is 0 Å². The van der Waals surface area contributed by atoms with Crippen LogP contribution in [0, 0.1) is 20.8 Å². The molecule has 2 aromatic rings. The Morgan fingerprint density at radius 3 is 2.14 bits per heavy atom. The SMILES string of the molecule is CCCCCc1cccc(-c2cc(OC(=O)O)c(C)c(C)c2C)c1CCCCC. The molecule has 0 spiro atoms. The molecular formula is C26H36O3. The lowest BCUT2D eigenvalue weighted by Crippen LogP contribution is -2.07. The predicted molar refractivity (Wildman–Crippen MR) is 121 cm³/mol. The lowest BCUT2D eigenvalue weighted by Gasteiger charge is -2.20. The summed E-state index contributed by atoms with van der Waals surface area (Å²) in [4.78, 5) is 11.2. The maximum absolute atomic E-state index is 11.2. The fourth-order valence-electron chi connectivity index (χ4n) is 4.03. The van der Waals surface area contributed by atoms with Gasteiger partial charge >= 0.3 is 6.16 Å². The minimum Gasteiger partial charge on any atom is -0.449 e. The summed E-state index contributed by atoms with van der Waals surface area (Å²) in [5, 5.41) is 9.15. The highest BCUT2D eigenvalue weighted by Gasteiger charge is 2.17. The first-order valence-electron chi connectivity index (χ1n) is 11.0. The van der Waals surface area contributed by atoms with Crippen LogP contribution in [0.25, 0.3) is 11.1 Å². The number of carbonyl (C=O) groups is 1. The Hall–Kier alpha value is -2.29. The Balaban J connectivity index is 2.58. The van der Waals surface area contributed by atoms with E-state index in [1.54, 1.807) is 0 Å². The van der Waals surface area contributed by atoms with E-state index in [9.17, 15) is 4.79 Å². The molecule has 0 radical (unpaired) electrons. The Bertz CT molecular complexity index is 836. The highest BCUT2D eigenvalue weighted by atomic mass is 16.7. The van der Waals surface area contributed by atoms with E-state index in [4.69, 9.17) is 9.84 Å². The molecule has 0 unspecified atom stereocenters. The summed E-state index contributed by atoms with van der Waals surface area (Å²) in [6.07, 6.45) is 8.18.